The average Bonchev–Trinajstić information content (AvgIpc) is 2.35. The van der Waals surface area contributed by atoms with Gasteiger partial charge in [-0.25, -0.2) is 4.79 Å². The Morgan fingerprint density at radius 1 is 1.16 bits per heavy atom. The minimum absolute atomic E-state index is 0.0183. The molecule has 0 aromatic heterocycles. The maximum Gasteiger partial charge on any atom is 0.332 e. The number of rotatable bonds is 7. The van der Waals surface area contributed by atoms with Gasteiger partial charge < -0.3 is 9.47 Å². The van der Waals surface area contributed by atoms with Crippen molar-refractivity contribution in [2.45, 2.75) is 40.2 Å². The largest absolute Gasteiger partial charge is 0.464 e. The maximum absolute atomic E-state index is 11.4. The second kappa shape index (κ2) is 7.95. The van der Waals surface area contributed by atoms with Crippen LogP contribution in [0, 0.1) is 5.41 Å². The van der Waals surface area contributed by atoms with E-state index in [-0.39, 0.29) is 18.0 Å². The molecule has 0 fully saturated rings. The van der Waals surface area contributed by atoms with Gasteiger partial charge in [0.2, 0.25) is 0 Å². The summed E-state index contributed by atoms with van der Waals surface area (Å²) in [4.78, 5) is 11.4. The molecule has 0 heterocycles. The van der Waals surface area contributed by atoms with Gasteiger partial charge in [-0.05, 0) is 23.8 Å². The SMILES string of the molecule is CC(C)(C)CCCOC(=O)COCc1ccccc1. The normalized spacial score (nSPS) is 11.3. The van der Waals surface area contributed by atoms with Crippen LogP contribution in [0.3, 0.4) is 0 Å². The highest BCUT2D eigenvalue weighted by Gasteiger charge is 2.10. The predicted molar refractivity (Wildman–Crippen MR) is 75.7 cm³/mol. The smallest absolute Gasteiger partial charge is 0.332 e. The molecule has 0 saturated heterocycles. The summed E-state index contributed by atoms with van der Waals surface area (Å²) in [6, 6.07) is 9.78. The molecule has 0 bridgehead atoms. The Kier molecular flexibility index (Phi) is 6.57. The van der Waals surface area contributed by atoms with E-state index < -0.39 is 0 Å². The van der Waals surface area contributed by atoms with Gasteiger partial charge in [0.1, 0.15) is 6.61 Å². The van der Waals surface area contributed by atoms with Crippen LogP contribution in [0.1, 0.15) is 39.2 Å². The molecule has 1 aromatic rings. The van der Waals surface area contributed by atoms with E-state index in [1.165, 1.54) is 0 Å². The van der Waals surface area contributed by atoms with Crippen molar-refractivity contribution >= 4 is 5.97 Å². The van der Waals surface area contributed by atoms with Gasteiger partial charge in [-0.2, -0.15) is 0 Å². The molecule has 0 spiro atoms. The van der Waals surface area contributed by atoms with Crippen molar-refractivity contribution in [2.75, 3.05) is 13.2 Å². The van der Waals surface area contributed by atoms with Crippen LogP contribution in [0.2, 0.25) is 0 Å². The van der Waals surface area contributed by atoms with Crippen molar-refractivity contribution in [3.8, 4) is 0 Å². The Bertz CT molecular complexity index is 365. The van der Waals surface area contributed by atoms with Crippen LogP contribution in [0.25, 0.3) is 0 Å². The van der Waals surface area contributed by atoms with Gasteiger partial charge in [-0.15, -0.1) is 0 Å². The third-order valence-corrected chi connectivity index (χ3v) is 2.67. The highest BCUT2D eigenvalue weighted by Crippen LogP contribution is 2.20. The van der Waals surface area contributed by atoms with Gasteiger partial charge in [-0.1, -0.05) is 51.1 Å². The van der Waals surface area contributed by atoms with Gasteiger partial charge >= 0.3 is 5.97 Å². The molecule has 0 amide bonds. The summed E-state index contributed by atoms with van der Waals surface area (Å²) < 4.78 is 10.4. The standard InChI is InChI=1S/C16H24O3/c1-16(2,3)10-7-11-19-15(17)13-18-12-14-8-5-4-6-9-14/h4-6,8-9H,7,10-13H2,1-3H3. The molecular weight excluding hydrogens is 240 g/mol. The van der Waals surface area contributed by atoms with E-state index in [4.69, 9.17) is 9.47 Å². The van der Waals surface area contributed by atoms with Gasteiger partial charge in [0, 0.05) is 0 Å². The van der Waals surface area contributed by atoms with Crippen LogP contribution in [0.15, 0.2) is 30.3 Å². The molecule has 0 unspecified atom stereocenters. The first-order valence-electron chi connectivity index (χ1n) is 6.75. The van der Waals surface area contributed by atoms with E-state index >= 15 is 0 Å². The molecule has 106 valence electrons. The molecule has 0 radical (unpaired) electrons. The van der Waals surface area contributed by atoms with E-state index in [9.17, 15) is 4.79 Å². The summed E-state index contributed by atoms with van der Waals surface area (Å²) >= 11 is 0. The summed E-state index contributed by atoms with van der Waals surface area (Å²) in [7, 11) is 0. The summed E-state index contributed by atoms with van der Waals surface area (Å²) in [5.74, 6) is -0.287. The van der Waals surface area contributed by atoms with Crippen molar-refractivity contribution in [2.24, 2.45) is 5.41 Å². The molecular formula is C16H24O3. The number of carbonyl (C=O) groups is 1. The monoisotopic (exact) mass is 264 g/mol. The van der Waals surface area contributed by atoms with Crippen LogP contribution < -0.4 is 0 Å². The van der Waals surface area contributed by atoms with Crippen molar-refractivity contribution in [3.05, 3.63) is 35.9 Å². The van der Waals surface area contributed by atoms with Gasteiger partial charge in [0.15, 0.2) is 0 Å². The van der Waals surface area contributed by atoms with Crippen molar-refractivity contribution in [1.29, 1.82) is 0 Å². The van der Waals surface area contributed by atoms with Crippen molar-refractivity contribution in [3.63, 3.8) is 0 Å². The number of esters is 1. The Labute approximate surface area is 115 Å². The summed E-state index contributed by atoms with van der Waals surface area (Å²) in [5, 5.41) is 0. The maximum atomic E-state index is 11.4. The lowest BCUT2D eigenvalue weighted by atomic mass is 9.91. The fourth-order valence-electron chi connectivity index (χ4n) is 1.66. The lowest BCUT2D eigenvalue weighted by molar-refractivity contribution is -0.149. The first-order valence-corrected chi connectivity index (χ1v) is 6.75. The second-order valence-corrected chi connectivity index (χ2v) is 5.86. The molecule has 0 N–H and O–H groups in total. The van der Waals surface area contributed by atoms with E-state index in [0.29, 0.717) is 13.2 Å². The van der Waals surface area contributed by atoms with Gasteiger partial charge in [0.05, 0.1) is 13.2 Å². The molecule has 0 aliphatic rings. The van der Waals surface area contributed by atoms with Crippen molar-refractivity contribution in [1.82, 2.24) is 0 Å². The first-order chi connectivity index (χ1) is 8.97. The van der Waals surface area contributed by atoms with E-state index in [2.05, 4.69) is 20.8 Å². The van der Waals surface area contributed by atoms with E-state index in [1.54, 1.807) is 0 Å². The van der Waals surface area contributed by atoms with Crippen LogP contribution >= 0.6 is 0 Å². The summed E-state index contributed by atoms with van der Waals surface area (Å²) in [6.45, 7) is 7.47. The van der Waals surface area contributed by atoms with Crippen LogP contribution in [-0.2, 0) is 20.9 Å². The van der Waals surface area contributed by atoms with E-state index in [0.717, 1.165) is 18.4 Å². The van der Waals surface area contributed by atoms with Crippen LogP contribution in [0.4, 0.5) is 0 Å². The Morgan fingerprint density at radius 3 is 2.47 bits per heavy atom. The minimum Gasteiger partial charge on any atom is -0.464 e. The van der Waals surface area contributed by atoms with Crippen LogP contribution in [0.5, 0.6) is 0 Å². The van der Waals surface area contributed by atoms with E-state index in [1.807, 2.05) is 30.3 Å². The van der Waals surface area contributed by atoms with Gasteiger partial charge in [-0.3, -0.25) is 0 Å². The molecule has 19 heavy (non-hydrogen) atoms. The number of carbonyl (C=O) groups excluding carboxylic acids is 1. The third kappa shape index (κ3) is 8.38. The quantitative estimate of drug-likeness (QED) is 0.558. The third-order valence-electron chi connectivity index (χ3n) is 2.67. The Balaban J connectivity index is 2.05. The average molecular weight is 264 g/mol. The van der Waals surface area contributed by atoms with Crippen molar-refractivity contribution < 1.29 is 14.3 Å². The topological polar surface area (TPSA) is 35.5 Å². The number of hydrogen-bond donors (Lipinski definition) is 0. The molecule has 0 saturated carbocycles. The molecule has 3 nitrogen and oxygen atoms in total. The molecule has 0 atom stereocenters. The highest BCUT2D eigenvalue weighted by molar-refractivity contribution is 5.70. The van der Waals surface area contributed by atoms with Crippen LogP contribution in [-0.4, -0.2) is 19.2 Å². The second-order valence-electron chi connectivity index (χ2n) is 5.86. The Morgan fingerprint density at radius 2 is 1.84 bits per heavy atom. The minimum atomic E-state index is -0.287. The fraction of sp³-hybridized carbons (Fsp3) is 0.562. The Hall–Kier alpha value is -1.35. The molecule has 1 aromatic carbocycles. The first kappa shape index (κ1) is 15.7. The lowest BCUT2D eigenvalue weighted by Crippen LogP contribution is -2.14. The fourth-order valence-corrected chi connectivity index (χ4v) is 1.66. The lowest BCUT2D eigenvalue weighted by Gasteiger charge is -2.17. The molecule has 0 aliphatic carbocycles. The molecule has 0 aliphatic heterocycles. The zero-order valence-electron chi connectivity index (χ0n) is 12.1. The predicted octanol–water partition coefficient (Wildman–Crippen LogP) is 3.57. The molecule has 1 rings (SSSR count). The number of benzene rings is 1. The van der Waals surface area contributed by atoms with Gasteiger partial charge in [0.25, 0.3) is 0 Å². The summed E-state index contributed by atoms with van der Waals surface area (Å²) in [6.07, 6.45) is 1.94. The molecule has 3 heteroatoms. The number of hydrogen-bond acceptors (Lipinski definition) is 3. The zero-order valence-corrected chi connectivity index (χ0v) is 12.1. The number of ether oxygens (including phenoxy) is 2. The zero-order chi connectivity index (χ0) is 14.1. The highest BCUT2D eigenvalue weighted by atomic mass is 16.6. The summed E-state index contributed by atoms with van der Waals surface area (Å²) in [5.41, 5.74) is 1.35.